The average molecular weight is 336 g/mol. The van der Waals surface area contributed by atoms with E-state index in [1.165, 1.54) is 0 Å². The van der Waals surface area contributed by atoms with Crippen LogP contribution >= 0.6 is 0 Å². The van der Waals surface area contributed by atoms with Crippen molar-refractivity contribution in [1.29, 1.82) is 0 Å². The molecule has 1 aromatic carbocycles. The minimum Gasteiger partial charge on any atom is -0.490 e. The predicted octanol–water partition coefficient (Wildman–Crippen LogP) is 2.70. The highest BCUT2D eigenvalue weighted by Crippen LogP contribution is 2.32. The van der Waals surface area contributed by atoms with Gasteiger partial charge in [0, 0.05) is 18.2 Å². The molecule has 7 heteroatoms. The van der Waals surface area contributed by atoms with Crippen LogP contribution in [-0.4, -0.2) is 36.9 Å². The van der Waals surface area contributed by atoms with Gasteiger partial charge >= 0.3 is 12.0 Å². The number of amides is 2. The Morgan fingerprint density at radius 3 is 2.50 bits per heavy atom. The molecule has 1 heterocycles. The smallest absolute Gasteiger partial charge is 0.328 e. The Kier molecular flexibility index (Phi) is 5.54. The van der Waals surface area contributed by atoms with E-state index in [4.69, 9.17) is 14.2 Å². The van der Waals surface area contributed by atoms with Crippen molar-refractivity contribution in [3.8, 4) is 11.5 Å². The second kappa shape index (κ2) is 7.42. The number of urea groups is 1. The molecule has 0 saturated carbocycles. The first-order chi connectivity index (χ1) is 11.2. The third-order valence-electron chi connectivity index (χ3n) is 3.11. The molecule has 0 aliphatic carbocycles. The zero-order valence-corrected chi connectivity index (χ0v) is 14.5. The number of carbonyl (C=O) groups excluding carboxylic acids is 2. The maximum atomic E-state index is 12.0. The van der Waals surface area contributed by atoms with Crippen molar-refractivity contribution >= 4 is 17.7 Å². The van der Waals surface area contributed by atoms with Gasteiger partial charge in [-0.05, 0) is 39.8 Å². The van der Waals surface area contributed by atoms with Crippen molar-refractivity contribution in [2.45, 2.75) is 45.8 Å². The molecular formula is C17H24N2O5. The van der Waals surface area contributed by atoms with E-state index in [1.54, 1.807) is 45.9 Å². The lowest BCUT2D eigenvalue weighted by molar-refractivity contribution is -0.156. The molecule has 1 aromatic rings. The van der Waals surface area contributed by atoms with Crippen LogP contribution in [0.2, 0.25) is 0 Å². The lowest BCUT2D eigenvalue weighted by Crippen LogP contribution is -2.43. The topological polar surface area (TPSA) is 85.9 Å². The van der Waals surface area contributed by atoms with Gasteiger partial charge in [0.05, 0.1) is 13.2 Å². The van der Waals surface area contributed by atoms with E-state index >= 15 is 0 Å². The molecule has 0 aromatic heterocycles. The molecule has 2 N–H and O–H groups in total. The van der Waals surface area contributed by atoms with Crippen LogP contribution < -0.4 is 20.1 Å². The van der Waals surface area contributed by atoms with Crippen molar-refractivity contribution in [1.82, 2.24) is 5.32 Å². The van der Waals surface area contributed by atoms with Crippen LogP contribution in [0.15, 0.2) is 18.2 Å². The highest BCUT2D eigenvalue weighted by Gasteiger charge is 2.23. The summed E-state index contributed by atoms with van der Waals surface area (Å²) >= 11 is 0. The number of anilines is 1. The number of esters is 1. The fourth-order valence-electron chi connectivity index (χ4n) is 2.05. The Labute approximate surface area is 141 Å². The van der Waals surface area contributed by atoms with Crippen LogP contribution in [0, 0.1) is 0 Å². The molecule has 0 fully saturated rings. The van der Waals surface area contributed by atoms with E-state index < -0.39 is 23.6 Å². The summed E-state index contributed by atoms with van der Waals surface area (Å²) in [5.74, 6) is 0.752. The molecule has 0 spiro atoms. The van der Waals surface area contributed by atoms with Gasteiger partial charge in [-0.25, -0.2) is 9.59 Å². The molecule has 0 unspecified atom stereocenters. The SMILES string of the molecule is C[C@H](NC(=O)Nc1ccc2c(c1)OCCCO2)C(=O)OC(C)(C)C. The number of hydrogen-bond donors (Lipinski definition) is 2. The van der Waals surface area contributed by atoms with Gasteiger partial charge in [0.2, 0.25) is 0 Å². The molecule has 0 bridgehead atoms. The first-order valence-corrected chi connectivity index (χ1v) is 7.94. The normalized spacial score (nSPS) is 15.0. The van der Waals surface area contributed by atoms with Crippen LogP contribution in [-0.2, 0) is 9.53 Å². The second-order valence-corrected chi connectivity index (χ2v) is 6.57. The standard InChI is InChI=1S/C17H24N2O5/c1-11(15(20)24-17(2,3)4)18-16(21)19-12-6-7-13-14(10-12)23-9-5-8-22-13/h6-7,10-11H,5,8-9H2,1-4H3,(H2,18,19,21)/t11-/m0/s1. The Balaban J connectivity index is 1.92. The van der Waals surface area contributed by atoms with E-state index in [0.717, 1.165) is 6.42 Å². The van der Waals surface area contributed by atoms with Crippen molar-refractivity contribution in [3.05, 3.63) is 18.2 Å². The van der Waals surface area contributed by atoms with Crippen LogP contribution in [0.1, 0.15) is 34.1 Å². The fraction of sp³-hybridized carbons (Fsp3) is 0.529. The molecular weight excluding hydrogens is 312 g/mol. The molecule has 2 amide bonds. The van der Waals surface area contributed by atoms with E-state index in [-0.39, 0.29) is 0 Å². The van der Waals surface area contributed by atoms with Gasteiger partial charge in [-0.2, -0.15) is 0 Å². The lowest BCUT2D eigenvalue weighted by atomic mass is 10.2. The van der Waals surface area contributed by atoms with Crippen LogP contribution in [0.3, 0.4) is 0 Å². The third kappa shape index (κ3) is 5.33. The van der Waals surface area contributed by atoms with Gasteiger partial charge in [-0.1, -0.05) is 0 Å². The number of rotatable bonds is 3. The molecule has 0 radical (unpaired) electrons. The Hall–Kier alpha value is -2.44. The molecule has 132 valence electrons. The Morgan fingerprint density at radius 1 is 1.17 bits per heavy atom. The summed E-state index contributed by atoms with van der Waals surface area (Å²) in [6.07, 6.45) is 0.811. The Morgan fingerprint density at radius 2 is 1.83 bits per heavy atom. The molecule has 24 heavy (non-hydrogen) atoms. The number of nitrogens with one attached hydrogen (secondary N) is 2. The second-order valence-electron chi connectivity index (χ2n) is 6.57. The van der Waals surface area contributed by atoms with Crippen molar-refractivity contribution in [3.63, 3.8) is 0 Å². The van der Waals surface area contributed by atoms with Crippen LogP contribution in [0.25, 0.3) is 0 Å². The van der Waals surface area contributed by atoms with Gasteiger partial charge < -0.3 is 24.8 Å². The summed E-state index contributed by atoms with van der Waals surface area (Å²) in [6, 6.07) is 3.89. The number of fused-ring (bicyclic) bond motifs is 1. The molecule has 1 aliphatic rings. The van der Waals surface area contributed by atoms with Gasteiger partial charge in [-0.3, -0.25) is 0 Å². The fourth-order valence-corrected chi connectivity index (χ4v) is 2.05. The van der Waals surface area contributed by atoms with E-state index in [0.29, 0.717) is 30.4 Å². The first kappa shape index (κ1) is 17.9. The molecule has 7 nitrogen and oxygen atoms in total. The predicted molar refractivity (Wildman–Crippen MR) is 89.5 cm³/mol. The number of hydrogen-bond acceptors (Lipinski definition) is 5. The highest BCUT2D eigenvalue weighted by atomic mass is 16.6. The summed E-state index contributed by atoms with van der Waals surface area (Å²) < 4.78 is 16.3. The lowest BCUT2D eigenvalue weighted by Gasteiger charge is -2.22. The average Bonchev–Trinajstić information content (AvgIpc) is 2.70. The number of ether oxygens (including phenoxy) is 3. The summed E-state index contributed by atoms with van der Waals surface area (Å²) in [5, 5.41) is 5.21. The van der Waals surface area contributed by atoms with Gasteiger partial charge in [-0.15, -0.1) is 0 Å². The quantitative estimate of drug-likeness (QED) is 0.829. The van der Waals surface area contributed by atoms with Gasteiger partial charge in [0.15, 0.2) is 11.5 Å². The zero-order valence-electron chi connectivity index (χ0n) is 14.5. The minimum absolute atomic E-state index is 0.490. The van der Waals surface area contributed by atoms with E-state index in [9.17, 15) is 9.59 Å². The first-order valence-electron chi connectivity index (χ1n) is 7.94. The van der Waals surface area contributed by atoms with Crippen LogP contribution in [0.5, 0.6) is 11.5 Å². The maximum Gasteiger partial charge on any atom is 0.328 e. The monoisotopic (exact) mass is 336 g/mol. The summed E-state index contributed by atoms with van der Waals surface area (Å²) in [5.41, 5.74) is -0.0502. The zero-order chi connectivity index (χ0) is 17.7. The Bertz CT molecular complexity index is 609. The van der Waals surface area contributed by atoms with Gasteiger partial charge in [0.25, 0.3) is 0 Å². The van der Waals surface area contributed by atoms with Gasteiger partial charge in [0.1, 0.15) is 11.6 Å². The highest BCUT2D eigenvalue weighted by molar-refractivity contribution is 5.92. The maximum absolute atomic E-state index is 12.0. The molecule has 0 saturated heterocycles. The summed E-state index contributed by atoms with van der Waals surface area (Å²) in [7, 11) is 0. The number of benzene rings is 1. The molecule has 1 atom stereocenters. The largest absolute Gasteiger partial charge is 0.490 e. The van der Waals surface area contributed by atoms with Crippen molar-refractivity contribution < 1.29 is 23.8 Å². The minimum atomic E-state index is -0.760. The number of carbonyl (C=O) groups is 2. The van der Waals surface area contributed by atoms with E-state index in [1.807, 2.05) is 0 Å². The summed E-state index contributed by atoms with van der Waals surface area (Å²) in [4.78, 5) is 23.9. The van der Waals surface area contributed by atoms with Crippen LogP contribution in [0.4, 0.5) is 10.5 Å². The van der Waals surface area contributed by atoms with Crippen molar-refractivity contribution in [2.24, 2.45) is 0 Å². The third-order valence-corrected chi connectivity index (χ3v) is 3.11. The summed E-state index contributed by atoms with van der Waals surface area (Å²) in [6.45, 7) is 8.06. The molecule has 2 rings (SSSR count). The van der Waals surface area contributed by atoms with E-state index in [2.05, 4.69) is 10.6 Å². The molecule has 1 aliphatic heterocycles. The van der Waals surface area contributed by atoms with Crippen molar-refractivity contribution in [2.75, 3.05) is 18.5 Å².